The van der Waals surface area contributed by atoms with Gasteiger partial charge in [-0.1, -0.05) is 19.9 Å². The number of aromatic nitrogens is 2. The molecule has 1 heterocycles. The minimum Gasteiger partial charge on any atom is -0.352 e. The second-order valence-corrected chi connectivity index (χ2v) is 6.96. The number of nitrogens with one attached hydrogen (secondary N) is 3. The summed E-state index contributed by atoms with van der Waals surface area (Å²) in [4.78, 5) is 12.9. The third-order valence-electron chi connectivity index (χ3n) is 4.50. The van der Waals surface area contributed by atoms with Crippen LogP contribution in [0.15, 0.2) is 48.8 Å². The number of aryl methyl sites for hydroxylation is 1. The molecular formula is C22H22N6O. The SMILES string of the molecule is CC(C)c1c(C#N)cccc1C(=O)Nc1ccc(C=N)c(Nc2cnn(C)c2)c1. The van der Waals surface area contributed by atoms with Crippen LogP contribution in [-0.2, 0) is 7.05 Å². The van der Waals surface area contributed by atoms with Crippen LogP contribution in [0.5, 0.6) is 0 Å². The molecular weight excluding hydrogens is 364 g/mol. The van der Waals surface area contributed by atoms with E-state index in [1.54, 1.807) is 47.3 Å². The molecule has 1 amide bonds. The van der Waals surface area contributed by atoms with Crippen molar-refractivity contribution in [3.05, 3.63) is 71.0 Å². The molecule has 0 aliphatic heterocycles. The van der Waals surface area contributed by atoms with E-state index in [0.29, 0.717) is 28.1 Å². The summed E-state index contributed by atoms with van der Waals surface area (Å²) < 4.78 is 1.67. The maximum Gasteiger partial charge on any atom is 0.255 e. The summed E-state index contributed by atoms with van der Waals surface area (Å²) in [6.45, 7) is 3.92. The van der Waals surface area contributed by atoms with Crippen LogP contribution >= 0.6 is 0 Å². The van der Waals surface area contributed by atoms with Gasteiger partial charge in [0.25, 0.3) is 5.91 Å². The standard InChI is InChI=1S/C22H22N6O/c1-14(2)21-16(11-24)5-4-6-19(21)22(29)27-17-8-7-15(10-23)20(9-17)26-18-12-25-28(3)13-18/h4-10,12-14,23,26H,1-3H3,(H,27,29). The molecule has 2 aromatic carbocycles. The van der Waals surface area contributed by atoms with Crippen molar-refractivity contribution in [2.45, 2.75) is 19.8 Å². The lowest BCUT2D eigenvalue weighted by Crippen LogP contribution is -2.16. The zero-order chi connectivity index (χ0) is 21.0. The average molecular weight is 386 g/mol. The van der Waals surface area contributed by atoms with E-state index < -0.39 is 0 Å². The van der Waals surface area contributed by atoms with E-state index in [2.05, 4.69) is 21.8 Å². The minimum absolute atomic E-state index is 0.0368. The zero-order valence-corrected chi connectivity index (χ0v) is 16.5. The van der Waals surface area contributed by atoms with Gasteiger partial charge in [0.2, 0.25) is 0 Å². The van der Waals surface area contributed by atoms with Crippen LogP contribution in [0.25, 0.3) is 0 Å². The lowest BCUT2D eigenvalue weighted by atomic mass is 9.92. The number of hydrogen-bond acceptors (Lipinski definition) is 5. The summed E-state index contributed by atoms with van der Waals surface area (Å²) in [6, 6.07) is 12.6. The van der Waals surface area contributed by atoms with Gasteiger partial charge in [-0.25, -0.2) is 0 Å². The maximum atomic E-state index is 12.9. The summed E-state index contributed by atoms with van der Waals surface area (Å²) in [7, 11) is 1.82. The highest BCUT2D eigenvalue weighted by Gasteiger charge is 2.18. The van der Waals surface area contributed by atoms with E-state index in [-0.39, 0.29) is 11.8 Å². The molecule has 0 radical (unpaired) electrons. The van der Waals surface area contributed by atoms with Gasteiger partial charge in [-0.2, -0.15) is 10.4 Å². The highest BCUT2D eigenvalue weighted by atomic mass is 16.1. The number of carbonyl (C=O) groups excluding carboxylic acids is 1. The predicted molar refractivity (Wildman–Crippen MR) is 114 cm³/mol. The predicted octanol–water partition coefficient (Wildman–Crippen LogP) is 4.41. The summed E-state index contributed by atoms with van der Waals surface area (Å²) >= 11 is 0. The van der Waals surface area contributed by atoms with Crippen LogP contribution in [0.1, 0.15) is 46.8 Å². The van der Waals surface area contributed by atoms with Gasteiger partial charge in [-0.15, -0.1) is 0 Å². The van der Waals surface area contributed by atoms with Gasteiger partial charge in [0.1, 0.15) is 0 Å². The summed E-state index contributed by atoms with van der Waals surface area (Å²) in [5, 5.41) is 27.2. The molecule has 29 heavy (non-hydrogen) atoms. The number of hydrogen-bond donors (Lipinski definition) is 3. The Balaban J connectivity index is 1.91. The van der Waals surface area contributed by atoms with Crippen molar-refractivity contribution in [1.29, 1.82) is 10.7 Å². The van der Waals surface area contributed by atoms with Crippen LogP contribution < -0.4 is 10.6 Å². The highest BCUT2D eigenvalue weighted by molar-refractivity contribution is 6.06. The Morgan fingerprint density at radius 1 is 1.28 bits per heavy atom. The molecule has 0 bridgehead atoms. The lowest BCUT2D eigenvalue weighted by molar-refractivity contribution is 0.102. The number of nitrogens with zero attached hydrogens (tertiary/aromatic N) is 3. The van der Waals surface area contributed by atoms with Crippen molar-refractivity contribution in [3.8, 4) is 6.07 Å². The summed E-state index contributed by atoms with van der Waals surface area (Å²) in [6.07, 6.45) is 4.75. The first kappa shape index (κ1) is 19.8. The van der Waals surface area contributed by atoms with Crippen molar-refractivity contribution < 1.29 is 4.79 Å². The van der Waals surface area contributed by atoms with Crippen molar-refractivity contribution in [2.75, 3.05) is 10.6 Å². The first-order chi connectivity index (χ1) is 13.9. The molecule has 3 aromatic rings. The van der Waals surface area contributed by atoms with Crippen LogP contribution in [0.3, 0.4) is 0 Å². The Kier molecular flexibility index (Phi) is 5.74. The quantitative estimate of drug-likeness (QED) is 0.546. The van der Waals surface area contributed by atoms with Crippen LogP contribution in [-0.4, -0.2) is 21.9 Å². The topological polar surface area (TPSA) is 107 Å². The summed E-state index contributed by atoms with van der Waals surface area (Å²) in [5.74, 6) is -0.240. The number of rotatable bonds is 6. The molecule has 0 saturated carbocycles. The molecule has 7 heteroatoms. The van der Waals surface area contributed by atoms with Crippen LogP contribution in [0, 0.1) is 16.7 Å². The minimum atomic E-state index is -0.277. The van der Waals surface area contributed by atoms with Gasteiger partial charge in [-0.3, -0.25) is 9.48 Å². The van der Waals surface area contributed by atoms with E-state index in [9.17, 15) is 10.1 Å². The molecule has 1 aromatic heterocycles. The van der Waals surface area contributed by atoms with Gasteiger partial charge < -0.3 is 16.0 Å². The smallest absolute Gasteiger partial charge is 0.255 e. The fourth-order valence-corrected chi connectivity index (χ4v) is 3.19. The molecule has 0 spiro atoms. The average Bonchev–Trinajstić information content (AvgIpc) is 3.12. The largest absolute Gasteiger partial charge is 0.352 e. The number of nitriles is 1. The van der Waals surface area contributed by atoms with Gasteiger partial charge >= 0.3 is 0 Å². The molecule has 7 nitrogen and oxygen atoms in total. The number of amides is 1. The molecule has 0 aliphatic rings. The Morgan fingerprint density at radius 3 is 2.69 bits per heavy atom. The second kappa shape index (κ2) is 8.40. The van der Waals surface area contributed by atoms with Gasteiger partial charge in [0.05, 0.1) is 23.5 Å². The highest BCUT2D eigenvalue weighted by Crippen LogP contribution is 2.27. The lowest BCUT2D eigenvalue weighted by Gasteiger charge is -2.15. The molecule has 3 rings (SSSR count). The van der Waals surface area contributed by atoms with E-state index >= 15 is 0 Å². The molecule has 3 N–H and O–H groups in total. The van der Waals surface area contributed by atoms with Crippen LogP contribution in [0.2, 0.25) is 0 Å². The third kappa shape index (κ3) is 4.33. The second-order valence-electron chi connectivity index (χ2n) is 6.96. The fourth-order valence-electron chi connectivity index (χ4n) is 3.19. The van der Waals surface area contributed by atoms with Crippen molar-refractivity contribution in [2.24, 2.45) is 7.05 Å². The van der Waals surface area contributed by atoms with E-state index in [1.165, 1.54) is 6.21 Å². The van der Waals surface area contributed by atoms with Crippen molar-refractivity contribution in [3.63, 3.8) is 0 Å². The monoisotopic (exact) mass is 386 g/mol. The summed E-state index contributed by atoms with van der Waals surface area (Å²) in [5.41, 5.74) is 4.45. The number of benzene rings is 2. The van der Waals surface area contributed by atoms with E-state index in [1.807, 2.05) is 27.1 Å². The number of carbonyl (C=O) groups is 1. The van der Waals surface area contributed by atoms with Gasteiger partial charge in [0.15, 0.2) is 0 Å². The Labute approximate surface area is 169 Å². The molecule has 0 fully saturated rings. The third-order valence-corrected chi connectivity index (χ3v) is 4.50. The molecule has 0 unspecified atom stereocenters. The van der Waals surface area contributed by atoms with Crippen molar-refractivity contribution >= 4 is 29.2 Å². The Hall–Kier alpha value is -3.92. The van der Waals surface area contributed by atoms with E-state index in [4.69, 9.17) is 5.41 Å². The fraction of sp³-hybridized carbons (Fsp3) is 0.182. The Morgan fingerprint density at radius 2 is 2.07 bits per heavy atom. The first-order valence-corrected chi connectivity index (χ1v) is 9.17. The van der Waals surface area contributed by atoms with Gasteiger partial charge in [0, 0.05) is 42.0 Å². The molecule has 146 valence electrons. The maximum absolute atomic E-state index is 12.9. The molecule has 0 aliphatic carbocycles. The number of anilines is 3. The first-order valence-electron chi connectivity index (χ1n) is 9.17. The zero-order valence-electron chi connectivity index (χ0n) is 16.5. The molecule has 0 saturated heterocycles. The van der Waals surface area contributed by atoms with Gasteiger partial charge in [-0.05, 0) is 41.8 Å². The van der Waals surface area contributed by atoms with Crippen molar-refractivity contribution in [1.82, 2.24) is 9.78 Å². The Bertz CT molecular complexity index is 1110. The normalized spacial score (nSPS) is 10.4. The van der Waals surface area contributed by atoms with Crippen LogP contribution in [0.4, 0.5) is 17.1 Å². The molecule has 0 atom stereocenters. The van der Waals surface area contributed by atoms with E-state index in [0.717, 1.165) is 11.3 Å².